The summed E-state index contributed by atoms with van der Waals surface area (Å²) < 4.78 is 0. The van der Waals surface area contributed by atoms with Crippen molar-refractivity contribution in [3.05, 3.63) is 13.2 Å². The largest absolute Gasteiger partial charge is 0.300 e. The maximum absolute atomic E-state index is 9.44. The zero-order valence-electron chi connectivity index (χ0n) is 8.61. The molecule has 0 saturated heterocycles. The van der Waals surface area contributed by atoms with E-state index in [4.69, 9.17) is 0 Å². The minimum Gasteiger partial charge on any atom is -0.300 e. The van der Waals surface area contributed by atoms with Crippen LogP contribution < -0.4 is 0 Å². The molecule has 0 aromatic rings. The van der Waals surface area contributed by atoms with Gasteiger partial charge in [0.1, 0.15) is 5.78 Å². The number of Topliss-reactive ketones (excluding diaryl/α,β-unsaturated/α-hetero) is 1. The van der Waals surface area contributed by atoms with Gasteiger partial charge >= 0.3 is 0 Å². The van der Waals surface area contributed by atoms with Crippen molar-refractivity contribution in [2.75, 3.05) is 0 Å². The van der Waals surface area contributed by atoms with Crippen LogP contribution in [0.4, 0.5) is 0 Å². The average Bonchev–Trinajstić information content (AvgIpc) is 1.93. The molecule has 0 aromatic carbocycles. The third-order valence-electron chi connectivity index (χ3n) is 0. The van der Waals surface area contributed by atoms with Crippen LogP contribution >= 0.6 is 11.6 Å². The van der Waals surface area contributed by atoms with Gasteiger partial charge in [0.2, 0.25) is 5.24 Å². The summed E-state index contributed by atoms with van der Waals surface area (Å²) >= 11 is 4.64. The molecule has 0 rings (SSSR count). The van der Waals surface area contributed by atoms with Crippen molar-refractivity contribution in [1.82, 2.24) is 0 Å². The van der Waals surface area contributed by atoms with Crippen molar-refractivity contribution in [1.29, 1.82) is 0 Å². The first-order valence-electron chi connectivity index (χ1n) is 3.60. The molecule has 0 aliphatic heterocycles. The van der Waals surface area contributed by atoms with Gasteiger partial charge in [-0.25, -0.2) is 0 Å². The first-order valence-corrected chi connectivity index (χ1v) is 3.98. The Labute approximate surface area is 80.6 Å². The van der Waals surface area contributed by atoms with Crippen molar-refractivity contribution < 1.29 is 9.59 Å². The summed E-state index contributed by atoms with van der Waals surface area (Å²) in [5, 5.41) is -0.361. The molecule has 12 heavy (non-hydrogen) atoms. The van der Waals surface area contributed by atoms with Gasteiger partial charge in [0.25, 0.3) is 0 Å². The van der Waals surface area contributed by atoms with E-state index in [1.807, 2.05) is 13.8 Å². The fourth-order valence-electron chi connectivity index (χ4n) is 0. The lowest BCUT2D eigenvalue weighted by molar-refractivity contribution is -0.115. The van der Waals surface area contributed by atoms with Crippen LogP contribution in [0.5, 0.6) is 0 Å². The molecule has 0 saturated carbocycles. The molecule has 0 radical (unpaired) electrons. The highest BCUT2D eigenvalue weighted by Crippen LogP contribution is 1.67. The van der Waals surface area contributed by atoms with Crippen molar-refractivity contribution in [3.8, 4) is 0 Å². The Morgan fingerprint density at radius 2 is 1.00 bits per heavy atom. The molecule has 0 fully saturated rings. The summed E-state index contributed by atoms with van der Waals surface area (Å²) in [4.78, 5) is 18.7. The number of rotatable bonds is 0. The second kappa shape index (κ2) is 31.6. The summed E-state index contributed by atoms with van der Waals surface area (Å²) in [6.07, 6.45) is 0. The Morgan fingerprint density at radius 1 is 1.00 bits per heavy atom. The summed E-state index contributed by atoms with van der Waals surface area (Å²) in [6, 6.07) is 0. The van der Waals surface area contributed by atoms with Crippen LogP contribution in [0.2, 0.25) is 0 Å². The summed E-state index contributed by atoms with van der Waals surface area (Å²) in [6.45, 7) is 14.3. The maximum atomic E-state index is 9.44. The van der Waals surface area contributed by atoms with Crippen LogP contribution in [0.1, 0.15) is 34.6 Å². The van der Waals surface area contributed by atoms with Crippen molar-refractivity contribution in [3.63, 3.8) is 0 Å². The molecule has 0 atom stereocenters. The van der Waals surface area contributed by atoms with Crippen LogP contribution in [0, 0.1) is 0 Å². The third kappa shape index (κ3) is 1650. The van der Waals surface area contributed by atoms with Crippen LogP contribution in [-0.2, 0) is 9.59 Å². The highest BCUT2D eigenvalue weighted by atomic mass is 35.5. The topological polar surface area (TPSA) is 34.1 Å². The molecule has 2 nitrogen and oxygen atoms in total. The van der Waals surface area contributed by atoms with Crippen LogP contribution in [0.3, 0.4) is 0 Å². The molecule has 74 valence electrons. The smallest absolute Gasteiger partial charge is 0.218 e. The highest BCUT2D eigenvalue weighted by molar-refractivity contribution is 6.62. The van der Waals surface area contributed by atoms with Gasteiger partial charge in [-0.1, -0.05) is 13.8 Å². The molecule has 0 heterocycles. The second-order valence-corrected chi connectivity index (χ2v) is 1.91. The molecular formula is C9H19ClO2. The molecule has 0 unspecified atom stereocenters. The number of carbonyl (C=O) groups is 2. The van der Waals surface area contributed by atoms with E-state index in [1.165, 1.54) is 20.8 Å². The third-order valence-corrected chi connectivity index (χ3v) is 0. The fraction of sp³-hybridized carbons (Fsp3) is 0.556. The quantitative estimate of drug-likeness (QED) is 0.439. The summed E-state index contributed by atoms with van der Waals surface area (Å²) in [7, 11) is 0. The van der Waals surface area contributed by atoms with E-state index in [9.17, 15) is 9.59 Å². The molecular weight excluding hydrogens is 176 g/mol. The molecule has 0 aliphatic rings. The van der Waals surface area contributed by atoms with Gasteiger partial charge in [0.05, 0.1) is 0 Å². The molecule has 3 heteroatoms. The molecule has 0 N–H and O–H groups in total. The normalized spacial score (nSPS) is 5.17. The SMILES string of the molecule is C=C.CC.CC(=O)Cl.CC(C)=O. The monoisotopic (exact) mass is 194 g/mol. The molecule has 0 bridgehead atoms. The van der Waals surface area contributed by atoms with E-state index in [2.05, 4.69) is 24.8 Å². The molecule has 0 spiro atoms. The number of halogens is 1. The lowest BCUT2D eigenvalue weighted by Crippen LogP contribution is -1.69. The second-order valence-electron chi connectivity index (χ2n) is 1.38. The van der Waals surface area contributed by atoms with E-state index < -0.39 is 0 Å². The van der Waals surface area contributed by atoms with Crippen LogP contribution in [-0.4, -0.2) is 11.0 Å². The van der Waals surface area contributed by atoms with Gasteiger partial charge in [-0.3, -0.25) is 4.79 Å². The standard InChI is InChI=1S/C3H6O.C2H3ClO.C2H6.C2H4/c1-3(2)4;1-2(3)4;2*1-2/h1-2H3;1H3;1-2H3;1-2H2. The van der Waals surface area contributed by atoms with E-state index >= 15 is 0 Å². The Kier molecular flexibility index (Phi) is 59.2. The highest BCUT2D eigenvalue weighted by Gasteiger charge is 1.67. The van der Waals surface area contributed by atoms with Gasteiger partial charge < -0.3 is 4.79 Å². The zero-order chi connectivity index (χ0) is 11.2. The molecule has 0 aromatic heterocycles. The first-order chi connectivity index (χ1) is 5.46. The Hall–Kier alpha value is -0.630. The zero-order valence-corrected chi connectivity index (χ0v) is 9.36. The first kappa shape index (κ1) is 22.5. The number of hydrogen-bond donors (Lipinski definition) is 0. The van der Waals surface area contributed by atoms with Crippen molar-refractivity contribution in [2.45, 2.75) is 34.6 Å². The Morgan fingerprint density at radius 3 is 1.00 bits per heavy atom. The van der Waals surface area contributed by atoms with Crippen LogP contribution in [0.25, 0.3) is 0 Å². The van der Waals surface area contributed by atoms with E-state index in [0.29, 0.717) is 0 Å². The lowest BCUT2D eigenvalue weighted by Gasteiger charge is -1.56. The average molecular weight is 195 g/mol. The number of ketones is 1. The van der Waals surface area contributed by atoms with Gasteiger partial charge in [0.15, 0.2) is 0 Å². The van der Waals surface area contributed by atoms with Gasteiger partial charge in [0, 0.05) is 6.92 Å². The van der Waals surface area contributed by atoms with E-state index in [0.717, 1.165) is 0 Å². The Balaban J connectivity index is -0.0000000380. The summed E-state index contributed by atoms with van der Waals surface area (Å²) in [5.41, 5.74) is 0. The minimum absolute atomic E-state index is 0.167. The van der Waals surface area contributed by atoms with E-state index in [-0.39, 0.29) is 11.0 Å². The molecule has 0 amide bonds. The van der Waals surface area contributed by atoms with Crippen molar-refractivity contribution >= 4 is 22.6 Å². The van der Waals surface area contributed by atoms with Gasteiger partial charge in [-0.15, -0.1) is 13.2 Å². The lowest BCUT2D eigenvalue weighted by atomic mass is 10.6. The summed E-state index contributed by atoms with van der Waals surface area (Å²) in [5.74, 6) is 0.167. The maximum Gasteiger partial charge on any atom is 0.218 e. The predicted octanol–water partition coefficient (Wildman–Crippen LogP) is 3.20. The molecule has 0 aliphatic carbocycles. The van der Waals surface area contributed by atoms with E-state index in [1.54, 1.807) is 0 Å². The number of carbonyl (C=O) groups excluding carboxylic acids is 2. The van der Waals surface area contributed by atoms with Gasteiger partial charge in [-0.05, 0) is 25.4 Å². The number of hydrogen-bond acceptors (Lipinski definition) is 2. The van der Waals surface area contributed by atoms with Gasteiger partial charge in [-0.2, -0.15) is 0 Å². The fourth-order valence-corrected chi connectivity index (χ4v) is 0. The van der Waals surface area contributed by atoms with Crippen LogP contribution in [0.15, 0.2) is 13.2 Å². The predicted molar refractivity (Wildman–Crippen MR) is 55.5 cm³/mol. The Bertz CT molecular complexity index is 80.7. The minimum atomic E-state index is -0.361. The van der Waals surface area contributed by atoms with Crippen molar-refractivity contribution in [2.24, 2.45) is 0 Å².